The summed E-state index contributed by atoms with van der Waals surface area (Å²) in [6.45, 7) is 2.89. The highest BCUT2D eigenvalue weighted by atomic mass is 19.4. The fourth-order valence-electron chi connectivity index (χ4n) is 3.70. The number of para-hydroxylation sites is 2. The maximum atomic E-state index is 12.7. The molecular formula is C21H22F3N5O. The van der Waals surface area contributed by atoms with Crippen LogP contribution < -0.4 is 4.90 Å². The summed E-state index contributed by atoms with van der Waals surface area (Å²) >= 11 is 0. The van der Waals surface area contributed by atoms with E-state index in [9.17, 15) is 18.0 Å². The average Bonchev–Trinajstić information content (AvgIpc) is 2.98. The van der Waals surface area contributed by atoms with E-state index in [1.807, 2.05) is 38.6 Å². The molecule has 9 heteroatoms. The number of aryl methyl sites for hydroxylation is 1. The third kappa shape index (κ3) is 4.39. The van der Waals surface area contributed by atoms with Gasteiger partial charge in [-0.25, -0.2) is 9.97 Å². The predicted molar refractivity (Wildman–Crippen MR) is 107 cm³/mol. The van der Waals surface area contributed by atoms with Crippen LogP contribution in [0.25, 0.3) is 11.0 Å². The van der Waals surface area contributed by atoms with Crippen LogP contribution in [0.2, 0.25) is 0 Å². The number of anilines is 1. The molecule has 2 aromatic heterocycles. The van der Waals surface area contributed by atoms with Crippen molar-refractivity contribution in [2.75, 3.05) is 31.1 Å². The predicted octanol–water partition coefficient (Wildman–Crippen LogP) is 3.58. The normalized spacial score (nSPS) is 15.4. The Morgan fingerprint density at radius 3 is 2.60 bits per heavy atom. The van der Waals surface area contributed by atoms with Crippen molar-refractivity contribution in [3.63, 3.8) is 0 Å². The fourth-order valence-corrected chi connectivity index (χ4v) is 3.70. The van der Waals surface area contributed by atoms with E-state index in [1.54, 1.807) is 6.33 Å². The Hall–Kier alpha value is -3.10. The number of pyridine rings is 1. The van der Waals surface area contributed by atoms with Crippen molar-refractivity contribution in [3.05, 3.63) is 54.5 Å². The Kier molecular flexibility index (Phi) is 5.61. The molecule has 1 aliphatic rings. The quantitative estimate of drug-likeness (QED) is 0.651. The number of hydrogen-bond donors (Lipinski definition) is 0. The molecular weight excluding hydrogens is 395 g/mol. The van der Waals surface area contributed by atoms with Crippen LogP contribution in [0.3, 0.4) is 0 Å². The highest BCUT2D eigenvalue weighted by Gasteiger charge is 2.31. The number of fused-ring (bicyclic) bond motifs is 1. The molecule has 0 aliphatic carbocycles. The van der Waals surface area contributed by atoms with Crippen LogP contribution in [0, 0.1) is 0 Å². The Balaban J connectivity index is 1.34. The van der Waals surface area contributed by atoms with Crippen LogP contribution in [0.4, 0.5) is 19.0 Å². The lowest BCUT2D eigenvalue weighted by atomic mass is 10.2. The van der Waals surface area contributed by atoms with Crippen LogP contribution in [0.1, 0.15) is 18.4 Å². The van der Waals surface area contributed by atoms with Gasteiger partial charge in [0.15, 0.2) is 0 Å². The molecule has 6 nitrogen and oxygen atoms in total. The first-order valence-electron chi connectivity index (χ1n) is 9.88. The number of amides is 1. The van der Waals surface area contributed by atoms with Crippen LogP contribution in [-0.2, 0) is 17.5 Å². The van der Waals surface area contributed by atoms with Gasteiger partial charge in [0, 0.05) is 45.3 Å². The molecule has 158 valence electrons. The van der Waals surface area contributed by atoms with E-state index in [-0.39, 0.29) is 5.91 Å². The van der Waals surface area contributed by atoms with Gasteiger partial charge in [0.05, 0.1) is 22.9 Å². The van der Waals surface area contributed by atoms with Gasteiger partial charge in [-0.2, -0.15) is 13.2 Å². The summed E-state index contributed by atoms with van der Waals surface area (Å²) < 4.78 is 40.1. The zero-order chi connectivity index (χ0) is 21.1. The minimum atomic E-state index is -4.39. The Bertz CT molecular complexity index is 1020. The highest BCUT2D eigenvalue weighted by Crippen LogP contribution is 2.29. The SMILES string of the molecule is O=C(CCn1cnc2ccccc21)N1CCCN(c2ccc(C(F)(F)F)cn2)CC1. The molecule has 1 amide bonds. The van der Waals surface area contributed by atoms with Crippen molar-refractivity contribution in [1.82, 2.24) is 19.4 Å². The maximum Gasteiger partial charge on any atom is 0.417 e. The Morgan fingerprint density at radius 2 is 1.83 bits per heavy atom. The highest BCUT2D eigenvalue weighted by molar-refractivity contribution is 5.77. The van der Waals surface area contributed by atoms with Gasteiger partial charge >= 0.3 is 6.18 Å². The lowest BCUT2D eigenvalue weighted by Crippen LogP contribution is -2.35. The minimum absolute atomic E-state index is 0.0648. The molecule has 1 aliphatic heterocycles. The van der Waals surface area contributed by atoms with Crippen molar-refractivity contribution in [3.8, 4) is 0 Å². The molecule has 0 saturated carbocycles. The number of nitrogens with zero attached hydrogens (tertiary/aromatic N) is 5. The molecule has 3 aromatic rings. The minimum Gasteiger partial charge on any atom is -0.355 e. The fraction of sp³-hybridized carbons (Fsp3) is 0.381. The molecule has 1 fully saturated rings. The van der Waals surface area contributed by atoms with Gasteiger partial charge in [-0.1, -0.05) is 12.1 Å². The topological polar surface area (TPSA) is 54.3 Å². The monoisotopic (exact) mass is 417 g/mol. The number of aromatic nitrogens is 3. The third-order valence-corrected chi connectivity index (χ3v) is 5.34. The average molecular weight is 417 g/mol. The zero-order valence-corrected chi connectivity index (χ0v) is 16.3. The molecule has 30 heavy (non-hydrogen) atoms. The number of carbonyl (C=O) groups excluding carboxylic acids is 1. The number of benzene rings is 1. The van der Waals surface area contributed by atoms with Gasteiger partial charge in [0.2, 0.25) is 5.91 Å². The van der Waals surface area contributed by atoms with Gasteiger partial charge in [-0.15, -0.1) is 0 Å². The summed E-state index contributed by atoms with van der Waals surface area (Å²) in [6, 6.07) is 10.2. The summed E-state index contributed by atoms with van der Waals surface area (Å²) in [4.78, 5) is 24.8. The van der Waals surface area contributed by atoms with E-state index >= 15 is 0 Å². The van der Waals surface area contributed by atoms with Crippen molar-refractivity contribution >= 4 is 22.8 Å². The van der Waals surface area contributed by atoms with E-state index in [0.29, 0.717) is 45.0 Å². The van der Waals surface area contributed by atoms with Crippen LogP contribution >= 0.6 is 0 Å². The summed E-state index contributed by atoms with van der Waals surface area (Å²) in [5.74, 6) is 0.567. The van der Waals surface area contributed by atoms with Crippen molar-refractivity contribution in [1.29, 1.82) is 0 Å². The van der Waals surface area contributed by atoms with Crippen LogP contribution in [0.5, 0.6) is 0 Å². The van der Waals surface area contributed by atoms with E-state index in [2.05, 4.69) is 9.97 Å². The molecule has 0 spiro atoms. The van der Waals surface area contributed by atoms with Gasteiger partial charge in [0.25, 0.3) is 0 Å². The molecule has 1 saturated heterocycles. The zero-order valence-electron chi connectivity index (χ0n) is 16.3. The van der Waals surface area contributed by atoms with Crippen molar-refractivity contribution in [2.24, 2.45) is 0 Å². The smallest absolute Gasteiger partial charge is 0.355 e. The van der Waals surface area contributed by atoms with Gasteiger partial charge in [-0.05, 0) is 30.7 Å². The van der Waals surface area contributed by atoms with E-state index in [0.717, 1.165) is 29.7 Å². The lowest BCUT2D eigenvalue weighted by molar-refractivity contribution is -0.137. The molecule has 4 rings (SSSR count). The van der Waals surface area contributed by atoms with Crippen molar-refractivity contribution in [2.45, 2.75) is 25.6 Å². The summed E-state index contributed by atoms with van der Waals surface area (Å²) in [7, 11) is 0. The molecule has 0 radical (unpaired) electrons. The molecule has 3 heterocycles. The molecule has 0 bridgehead atoms. The van der Waals surface area contributed by atoms with Crippen LogP contribution in [0.15, 0.2) is 48.9 Å². The van der Waals surface area contributed by atoms with Gasteiger partial charge in [-0.3, -0.25) is 4.79 Å². The van der Waals surface area contributed by atoms with Gasteiger partial charge in [0.1, 0.15) is 5.82 Å². The Morgan fingerprint density at radius 1 is 1.00 bits per heavy atom. The number of alkyl halides is 3. The van der Waals surface area contributed by atoms with E-state index < -0.39 is 11.7 Å². The second kappa shape index (κ2) is 8.33. The Labute approximate surface area is 171 Å². The second-order valence-corrected chi connectivity index (χ2v) is 7.30. The first kappa shape index (κ1) is 20.2. The van der Waals surface area contributed by atoms with Gasteiger partial charge < -0.3 is 14.4 Å². The lowest BCUT2D eigenvalue weighted by Gasteiger charge is -2.23. The number of imidazole rings is 1. The van der Waals surface area contributed by atoms with Crippen molar-refractivity contribution < 1.29 is 18.0 Å². The number of rotatable bonds is 4. The number of halogens is 3. The summed E-state index contributed by atoms with van der Waals surface area (Å²) in [5.41, 5.74) is 1.14. The largest absolute Gasteiger partial charge is 0.417 e. The summed E-state index contributed by atoms with van der Waals surface area (Å²) in [5, 5.41) is 0. The summed E-state index contributed by atoms with van der Waals surface area (Å²) in [6.07, 6.45) is -0.674. The molecule has 0 atom stereocenters. The standard InChI is InChI=1S/C21H22F3N5O/c22-21(23,24)16-6-7-19(25-14-16)27-9-3-10-28(13-12-27)20(30)8-11-29-15-26-17-4-1-2-5-18(17)29/h1-2,4-7,14-15H,3,8-13H2. The second-order valence-electron chi connectivity index (χ2n) is 7.30. The molecule has 0 unspecified atom stereocenters. The number of carbonyl (C=O) groups is 1. The van der Waals surface area contributed by atoms with Crippen LogP contribution in [-0.4, -0.2) is 51.5 Å². The van der Waals surface area contributed by atoms with E-state index in [1.165, 1.54) is 6.07 Å². The number of hydrogen-bond acceptors (Lipinski definition) is 4. The van der Waals surface area contributed by atoms with E-state index in [4.69, 9.17) is 0 Å². The maximum absolute atomic E-state index is 12.7. The first-order valence-corrected chi connectivity index (χ1v) is 9.88. The molecule has 1 aromatic carbocycles. The molecule has 0 N–H and O–H groups in total. The third-order valence-electron chi connectivity index (χ3n) is 5.34. The first-order chi connectivity index (χ1) is 14.4.